The van der Waals surface area contributed by atoms with E-state index in [1.54, 1.807) is 7.05 Å². The molecule has 1 unspecified atom stereocenters. The first-order valence-electron chi connectivity index (χ1n) is 7.68. The largest absolute Gasteiger partial charge is 0.445 e. The first kappa shape index (κ1) is 15.4. The van der Waals surface area contributed by atoms with Crippen molar-refractivity contribution >= 4 is 40.4 Å². The number of carbonyl (C=O) groups excluding carboxylic acids is 2. The molecule has 3 amide bonds. The van der Waals surface area contributed by atoms with Gasteiger partial charge in [0.1, 0.15) is 5.04 Å². The van der Waals surface area contributed by atoms with Crippen molar-refractivity contribution in [1.82, 2.24) is 4.90 Å². The summed E-state index contributed by atoms with van der Waals surface area (Å²) in [6.07, 6.45) is 7.76. The zero-order valence-corrected chi connectivity index (χ0v) is 14.0. The molecule has 6 nitrogen and oxygen atoms in total. The third-order valence-corrected chi connectivity index (χ3v) is 5.38. The van der Waals surface area contributed by atoms with Crippen LogP contribution in [-0.2, 0) is 4.79 Å². The predicted octanol–water partition coefficient (Wildman–Crippen LogP) is 1.99. The third kappa shape index (κ3) is 2.41. The molecule has 0 aromatic heterocycles. The number of hydrogen-bond acceptors (Lipinski definition) is 5. The monoisotopic (exact) mass is 321 g/mol. The van der Waals surface area contributed by atoms with E-state index in [9.17, 15) is 9.59 Å². The van der Waals surface area contributed by atoms with Gasteiger partial charge in [0.15, 0.2) is 5.92 Å². The molecule has 3 aliphatic rings. The lowest BCUT2D eigenvalue weighted by Gasteiger charge is -2.28. The van der Waals surface area contributed by atoms with Crippen molar-refractivity contribution in [3.63, 3.8) is 0 Å². The first-order chi connectivity index (χ1) is 10.5. The van der Waals surface area contributed by atoms with Gasteiger partial charge >= 0.3 is 11.9 Å². The molecule has 1 saturated carbocycles. The molecule has 0 bridgehead atoms. The molecule has 22 heavy (non-hydrogen) atoms. The van der Waals surface area contributed by atoms with E-state index in [0.717, 1.165) is 28.6 Å². The minimum atomic E-state index is -0.532. The van der Waals surface area contributed by atoms with Crippen LogP contribution < -0.4 is 0 Å². The van der Waals surface area contributed by atoms with Crippen LogP contribution in [0.5, 0.6) is 0 Å². The highest BCUT2D eigenvalue weighted by Crippen LogP contribution is 2.30. The number of amidine groups is 2. The van der Waals surface area contributed by atoms with Crippen LogP contribution in [-0.4, -0.2) is 58.5 Å². The van der Waals surface area contributed by atoms with Crippen molar-refractivity contribution in [2.45, 2.75) is 32.1 Å². The molecule has 1 fully saturated rings. The zero-order valence-electron chi connectivity index (χ0n) is 13.2. The quantitative estimate of drug-likeness (QED) is 0.694. The Balaban J connectivity index is 2.05. The van der Waals surface area contributed by atoms with Crippen molar-refractivity contribution < 1.29 is 14.2 Å². The maximum Gasteiger partial charge on any atom is 0.445 e. The topological polar surface area (TPSA) is 65.1 Å². The summed E-state index contributed by atoms with van der Waals surface area (Å²) in [5.41, 5.74) is 0. The van der Waals surface area contributed by atoms with Gasteiger partial charge in [0, 0.05) is 5.92 Å². The molecule has 3 rings (SSSR count). The number of urea groups is 1. The smallest absolute Gasteiger partial charge is 0.255 e. The maximum absolute atomic E-state index is 12.5. The summed E-state index contributed by atoms with van der Waals surface area (Å²) >= 11 is 1.47. The van der Waals surface area contributed by atoms with E-state index in [1.165, 1.54) is 42.6 Å². The summed E-state index contributed by atoms with van der Waals surface area (Å²) in [5.74, 6) is 0.913. The van der Waals surface area contributed by atoms with Crippen LogP contribution in [0.25, 0.3) is 0 Å². The average molecular weight is 321 g/mol. The van der Waals surface area contributed by atoms with Gasteiger partial charge in [-0.2, -0.15) is 9.48 Å². The van der Waals surface area contributed by atoms with E-state index in [1.807, 2.05) is 6.26 Å². The number of carbonyl (C=O) groups is 2. The van der Waals surface area contributed by atoms with Crippen molar-refractivity contribution in [1.29, 1.82) is 0 Å². The Bertz CT molecular complexity index is 617. The van der Waals surface area contributed by atoms with E-state index in [0.29, 0.717) is 11.8 Å². The van der Waals surface area contributed by atoms with Gasteiger partial charge in [0.05, 0.1) is 14.1 Å². The Kier molecular flexibility index (Phi) is 4.16. The SMILES string of the molecule is CSC1=NC(C2CCCCC2)=NC2=[N+](C)C(=O)N(C)C(=O)C12. The van der Waals surface area contributed by atoms with Gasteiger partial charge in [0.25, 0.3) is 5.84 Å². The fraction of sp³-hybridized carbons (Fsp3) is 0.667. The molecule has 0 saturated heterocycles. The number of amides is 3. The number of fused-ring (bicyclic) bond motifs is 1. The minimum absolute atomic E-state index is 0.238. The van der Waals surface area contributed by atoms with Crippen LogP contribution in [0.4, 0.5) is 4.79 Å². The molecule has 0 N–H and O–H groups in total. The van der Waals surface area contributed by atoms with Crippen LogP contribution >= 0.6 is 11.8 Å². The Morgan fingerprint density at radius 2 is 1.86 bits per heavy atom. The number of thioether (sulfide) groups is 1. The number of imide groups is 1. The van der Waals surface area contributed by atoms with Gasteiger partial charge < -0.3 is 0 Å². The van der Waals surface area contributed by atoms with Crippen molar-refractivity contribution in [3.05, 3.63) is 0 Å². The van der Waals surface area contributed by atoms with Crippen LogP contribution in [0.15, 0.2) is 9.98 Å². The Labute approximate surface area is 134 Å². The number of rotatable bonds is 1. The molecular weight excluding hydrogens is 300 g/mol. The fourth-order valence-electron chi connectivity index (χ4n) is 3.30. The standard InChI is InChI=1S/C15H21N4O2S/c1-18-12-10(14(20)19(2)15(18)21)13(22-3)17-11(16-12)9-7-5-4-6-8-9/h9-10H,4-8H2,1-3H3/q+1. The van der Waals surface area contributed by atoms with E-state index >= 15 is 0 Å². The second-order valence-corrected chi connectivity index (χ2v) is 6.82. The van der Waals surface area contributed by atoms with Gasteiger partial charge in [-0.15, -0.1) is 11.8 Å². The molecule has 0 radical (unpaired) electrons. The van der Waals surface area contributed by atoms with Gasteiger partial charge in [-0.1, -0.05) is 24.3 Å². The number of aliphatic imine (C=N–C) groups is 2. The van der Waals surface area contributed by atoms with Crippen molar-refractivity contribution in [2.75, 3.05) is 20.4 Å². The summed E-state index contributed by atoms with van der Waals surface area (Å²) < 4.78 is 1.49. The summed E-state index contributed by atoms with van der Waals surface area (Å²) in [4.78, 5) is 35.1. The van der Waals surface area contributed by atoms with Crippen LogP contribution in [0, 0.1) is 11.8 Å². The summed E-state index contributed by atoms with van der Waals surface area (Å²) in [7, 11) is 3.19. The molecule has 0 spiro atoms. The van der Waals surface area contributed by atoms with Gasteiger partial charge in [-0.25, -0.2) is 9.79 Å². The Hall–Kier alpha value is -1.50. The van der Waals surface area contributed by atoms with E-state index in [4.69, 9.17) is 0 Å². The summed E-state index contributed by atoms with van der Waals surface area (Å²) in [6, 6.07) is -0.328. The number of nitrogens with zero attached hydrogens (tertiary/aromatic N) is 4. The second kappa shape index (κ2) is 5.95. The fourth-order valence-corrected chi connectivity index (χ4v) is 3.92. The molecule has 0 aromatic carbocycles. The van der Waals surface area contributed by atoms with Crippen LogP contribution in [0.3, 0.4) is 0 Å². The molecule has 1 atom stereocenters. The normalized spacial score (nSPS) is 26.9. The lowest BCUT2D eigenvalue weighted by molar-refractivity contribution is -0.407. The highest BCUT2D eigenvalue weighted by molar-refractivity contribution is 8.13. The van der Waals surface area contributed by atoms with Crippen molar-refractivity contribution in [3.8, 4) is 0 Å². The second-order valence-electron chi connectivity index (χ2n) is 5.99. The highest BCUT2D eigenvalue weighted by Gasteiger charge is 2.49. The molecule has 0 aromatic rings. The van der Waals surface area contributed by atoms with E-state index in [-0.39, 0.29) is 11.9 Å². The molecule has 7 heteroatoms. The molecular formula is C15H21N4O2S+. The van der Waals surface area contributed by atoms with Gasteiger partial charge in [0.2, 0.25) is 5.84 Å². The summed E-state index contributed by atoms with van der Waals surface area (Å²) in [6.45, 7) is 0. The van der Waals surface area contributed by atoms with Gasteiger partial charge in [-0.3, -0.25) is 4.79 Å². The zero-order chi connectivity index (χ0) is 15.9. The molecule has 2 heterocycles. The van der Waals surface area contributed by atoms with E-state index < -0.39 is 5.92 Å². The average Bonchev–Trinajstić information content (AvgIpc) is 2.57. The van der Waals surface area contributed by atoms with Gasteiger partial charge in [-0.05, 0) is 19.1 Å². The van der Waals surface area contributed by atoms with Crippen LogP contribution in [0.2, 0.25) is 0 Å². The van der Waals surface area contributed by atoms with E-state index in [2.05, 4.69) is 9.98 Å². The molecule has 118 valence electrons. The third-order valence-electron chi connectivity index (χ3n) is 4.63. The Morgan fingerprint density at radius 1 is 1.18 bits per heavy atom. The Morgan fingerprint density at radius 3 is 2.50 bits per heavy atom. The first-order valence-corrected chi connectivity index (χ1v) is 8.90. The predicted molar refractivity (Wildman–Crippen MR) is 87.8 cm³/mol. The maximum atomic E-state index is 12.5. The molecule has 2 aliphatic heterocycles. The lowest BCUT2D eigenvalue weighted by atomic mass is 9.88. The highest BCUT2D eigenvalue weighted by atomic mass is 32.2. The van der Waals surface area contributed by atoms with Crippen molar-refractivity contribution in [2.24, 2.45) is 21.8 Å². The lowest BCUT2D eigenvalue weighted by Crippen LogP contribution is -2.54. The minimum Gasteiger partial charge on any atom is -0.255 e. The number of hydrogen-bond donors (Lipinski definition) is 0. The van der Waals surface area contributed by atoms with Crippen LogP contribution in [0.1, 0.15) is 32.1 Å². The molecule has 1 aliphatic carbocycles. The summed E-state index contributed by atoms with van der Waals surface area (Å²) in [5, 5.41) is 0.752.